The van der Waals surface area contributed by atoms with Crippen LogP contribution in [0.5, 0.6) is 0 Å². The second-order valence-electron chi connectivity index (χ2n) is 8.36. The van der Waals surface area contributed by atoms with Crippen molar-refractivity contribution in [3.8, 4) is 0 Å². The van der Waals surface area contributed by atoms with Gasteiger partial charge in [-0.3, -0.25) is 4.79 Å². The maximum Gasteiger partial charge on any atom is 0.255 e. The van der Waals surface area contributed by atoms with Crippen LogP contribution in [-0.4, -0.2) is 55.3 Å². The number of fused-ring (bicyclic) bond motifs is 1. The molecule has 6 nitrogen and oxygen atoms in total. The quantitative estimate of drug-likeness (QED) is 0.587. The lowest BCUT2D eigenvalue weighted by Crippen LogP contribution is -2.44. The van der Waals surface area contributed by atoms with Gasteiger partial charge in [-0.25, -0.2) is 8.42 Å². The van der Waals surface area contributed by atoms with Crippen LogP contribution < -0.4 is 5.32 Å². The minimum Gasteiger partial charge on any atom is -0.379 e. The average molecular weight is 483 g/mol. The number of hydrogen-bond donors (Lipinski definition) is 1. The summed E-state index contributed by atoms with van der Waals surface area (Å²) in [6.07, 6.45) is 0.554. The summed E-state index contributed by atoms with van der Waals surface area (Å²) >= 11 is 1.49. The highest BCUT2D eigenvalue weighted by atomic mass is 32.3. The fraction of sp³-hybridized carbons (Fsp3) is 0.320. The first-order valence-electron chi connectivity index (χ1n) is 11.1. The first-order valence-corrected chi connectivity index (χ1v) is 13.6. The van der Waals surface area contributed by atoms with Crippen molar-refractivity contribution in [3.05, 3.63) is 77.9 Å². The summed E-state index contributed by atoms with van der Waals surface area (Å²) in [5, 5.41) is 5.10. The molecule has 2 aliphatic rings. The minimum atomic E-state index is -3.35. The Balaban J connectivity index is 1.31. The van der Waals surface area contributed by atoms with E-state index in [1.54, 1.807) is 10.4 Å². The van der Waals surface area contributed by atoms with Crippen LogP contribution in [0.25, 0.3) is 10.8 Å². The zero-order valence-corrected chi connectivity index (χ0v) is 19.8. The van der Waals surface area contributed by atoms with Gasteiger partial charge < -0.3 is 10.1 Å². The molecule has 3 aromatic carbocycles. The molecule has 0 bridgehead atoms. The number of morpholine rings is 1. The molecule has 0 spiro atoms. The number of rotatable bonds is 5. The Kier molecular flexibility index (Phi) is 6.42. The molecule has 1 amide bonds. The standard InChI is InChI=1S/C25H26N2O4S2/c28-25(26-23-10-4-6-18-5-1-2-9-22(18)23)20-8-3-7-19(15-20)21-16-24(32-17-21)33(29,30)27-11-13-31-14-12-27/h1-10,15,21,24H,11-14,16-17H2,(H,26,28). The highest BCUT2D eigenvalue weighted by molar-refractivity contribution is 8.12. The summed E-state index contributed by atoms with van der Waals surface area (Å²) < 4.78 is 32.5. The molecule has 3 aromatic rings. The van der Waals surface area contributed by atoms with Crippen molar-refractivity contribution < 1.29 is 17.9 Å². The number of hydrogen-bond acceptors (Lipinski definition) is 5. The van der Waals surface area contributed by atoms with Crippen molar-refractivity contribution in [2.75, 3.05) is 37.4 Å². The summed E-state index contributed by atoms with van der Waals surface area (Å²) in [4.78, 5) is 13.0. The predicted octanol–water partition coefficient (Wildman–Crippen LogP) is 4.30. The predicted molar refractivity (Wildman–Crippen MR) is 133 cm³/mol. The van der Waals surface area contributed by atoms with Gasteiger partial charge in [0.15, 0.2) is 0 Å². The van der Waals surface area contributed by atoms with Gasteiger partial charge in [0.2, 0.25) is 10.0 Å². The lowest BCUT2D eigenvalue weighted by Gasteiger charge is -2.28. The summed E-state index contributed by atoms with van der Waals surface area (Å²) in [6, 6.07) is 21.4. The number of anilines is 1. The van der Waals surface area contributed by atoms with E-state index in [1.165, 1.54) is 11.8 Å². The molecule has 0 aliphatic carbocycles. The lowest BCUT2D eigenvalue weighted by molar-refractivity contribution is 0.0729. The Bertz CT molecular complexity index is 1270. The van der Waals surface area contributed by atoms with E-state index >= 15 is 0 Å². The van der Waals surface area contributed by atoms with E-state index in [9.17, 15) is 13.2 Å². The number of nitrogens with one attached hydrogen (secondary N) is 1. The normalized spacial score (nSPS) is 21.8. The van der Waals surface area contributed by atoms with Crippen LogP contribution in [0.4, 0.5) is 5.69 Å². The van der Waals surface area contributed by atoms with Crippen molar-refractivity contribution in [2.45, 2.75) is 16.9 Å². The molecule has 2 fully saturated rings. The second-order valence-corrected chi connectivity index (χ2v) is 12.0. The highest BCUT2D eigenvalue weighted by Crippen LogP contribution is 2.41. The molecule has 0 saturated carbocycles. The number of amides is 1. The summed E-state index contributed by atoms with van der Waals surface area (Å²) in [5.41, 5.74) is 2.36. The third-order valence-electron chi connectivity index (χ3n) is 6.28. The van der Waals surface area contributed by atoms with E-state index in [-0.39, 0.29) is 11.8 Å². The van der Waals surface area contributed by atoms with Crippen molar-refractivity contribution in [3.63, 3.8) is 0 Å². The Hall–Kier alpha value is -2.39. The molecule has 172 valence electrons. The average Bonchev–Trinajstić information content (AvgIpc) is 3.36. The van der Waals surface area contributed by atoms with Crippen LogP contribution >= 0.6 is 11.8 Å². The Morgan fingerprint density at radius 3 is 2.61 bits per heavy atom. The van der Waals surface area contributed by atoms with Crippen molar-refractivity contribution >= 4 is 44.2 Å². The topological polar surface area (TPSA) is 75.7 Å². The Labute approximate surface area is 198 Å². The fourth-order valence-corrected chi connectivity index (χ4v) is 8.36. The van der Waals surface area contributed by atoms with Gasteiger partial charge in [0.05, 0.1) is 13.2 Å². The first kappa shape index (κ1) is 22.4. The molecule has 0 radical (unpaired) electrons. The van der Waals surface area contributed by atoms with E-state index in [1.807, 2.05) is 60.7 Å². The Morgan fingerprint density at radius 2 is 1.76 bits per heavy atom. The van der Waals surface area contributed by atoms with E-state index < -0.39 is 14.6 Å². The number of thioether (sulfide) groups is 1. The van der Waals surface area contributed by atoms with Crippen molar-refractivity contribution in [1.29, 1.82) is 0 Å². The molecule has 8 heteroatoms. The zero-order valence-electron chi connectivity index (χ0n) is 18.1. The van der Waals surface area contributed by atoms with Gasteiger partial charge in [0.25, 0.3) is 5.91 Å². The van der Waals surface area contributed by atoms with Gasteiger partial charge in [-0.2, -0.15) is 4.31 Å². The van der Waals surface area contributed by atoms with Crippen LogP contribution in [-0.2, 0) is 14.8 Å². The molecular weight excluding hydrogens is 456 g/mol. The maximum atomic E-state index is 13.0. The van der Waals surface area contributed by atoms with E-state index in [4.69, 9.17) is 4.74 Å². The lowest BCUT2D eigenvalue weighted by atomic mass is 9.96. The molecule has 2 saturated heterocycles. The van der Waals surface area contributed by atoms with Crippen molar-refractivity contribution in [1.82, 2.24) is 4.31 Å². The molecule has 5 rings (SSSR count). The second kappa shape index (κ2) is 9.46. The monoisotopic (exact) mass is 482 g/mol. The van der Waals surface area contributed by atoms with Crippen LogP contribution in [0.3, 0.4) is 0 Å². The fourth-order valence-electron chi connectivity index (χ4n) is 4.46. The summed E-state index contributed by atoms with van der Waals surface area (Å²) in [6.45, 7) is 1.75. The van der Waals surface area contributed by atoms with Gasteiger partial charge in [-0.1, -0.05) is 48.5 Å². The Morgan fingerprint density at radius 1 is 1.00 bits per heavy atom. The molecule has 33 heavy (non-hydrogen) atoms. The number of ether oxygens (including phenoxy) is 1. The summed E-state index contributed by atoms with van der Waals surface area (Å²) in [5.74, 6) is 0.653. The van der Waals surface area contributed by atoms with E-state index in [2.05, 4.69) is 5.32 Å². The first-order chi connectivity index (χ1) is 16.0. The number of nitrogens with zero attached hydrogens (tertiary/aromatic N) is 1. The molecule has 2 aliphatic heterocycles. The molecule has 0 aromatic heterocycles. The van der Waals surface area contributed by atoms with Gasteiger partial charge in [0, 0.05) is 35.5 Å². The number of benzene rings is 3. The molecule has 2 unspecified atom stereocenters. The number of carbonyl (C=O) groups excluding carboxylic acids is 1. The van der Waals surface area contributed by atoms with Crippen LogP contribution in [0, 0.1) is 0 Å². The van der Waals surface area contributed by atoms with E-state index in [0.717, 1.165) is 27.8 Å². The van der Waals surface area contributed by atoms with Gasteiger partial charge in [0.1, 0.15) is 4.58 Å². The largest absolute Gasteiger partial charge is 0.379 e. The number of sulfonamides is 1. The minimum absolute atomic E-state index is 0.0983. The summed E-state index contributed by atoms with van der Waals surface area (Å²) in [7, 11) is -3.35. The molecular formula is C25H26N2O4S2. The highest BCUT2D eigenvalue weighted by Gasteiger charge is 2.39. The zero-order chi connectivity index (χ0) is 22.8. The van der Waals surface area contributed by atoms with Crippen LogP contribution in [0.2, 0.25) is 0 Å². The third-order valence-corrected chi connectivity index (χ3v) is 10.5. The third kappa shape index (κ3) is 4.66. The van der Waals surface area contributed by atoms with Crippen molar-refractivity contribution in [2.24, 2.45) is 0 Å². The molecule has 1 N–H and O–H groups in total. The van der Waals surface area contributed by atoms with Gasteiger partial charge in [-0.15, -0.1) is 11.8 Å². The van der Waals surface area contributed by atoms with Crippen LogP contribution in [0.15, 0.2) is 66.7 Å². The maximum absolute atomic E-state index is 13.0. The van der Waals surface area contributed by atoms with Gasteiger partial charge in [-0.05, 0) is 41.5 Å². The number of carbonyl (C=O) groups is 1. The SMILES string of the molecule is O=C(Nc1cccc2ccccc12)c1cccc(C2CSC(S(=O)(=O)N3CCOCC3)C2)c1. The molecule has 2 heterocycles. The van der Waals surface area contributed by atoms with Gasteiger partial charge >= 0.3 is 0 Å². The molecule has 2 atom stereocenters. The van der Waals surface area contributed by atoms with Crippen LogP contribution in [0.1, 0.15) is 28.3 Å². The smallest absolute Gasteiger partial charge is 0.255 e. The van der Waals surface area contributed by atoms with E-state index in [0.29, 0.717) is 38.3 Å².